The molecule has 0 heterocycles. The minimum absolute atomic E-state index is 0.297. The van der Waals surface area contributed by atoms with Gasteiger partial charge in [0, 0.05) is 22.3 Å². The maximum atomic E-state index is 11.9. The average Bonchev–Trinajstić information content (AvgIpc) is 2.15. The normalized spacial score (nSPS) is 9.86. The first kappa shape index (κ1) is 11.4. The van der Waals surface area contributed by atoms with Gasteiger partial charge in [-0.05, 0) is 34.1 Å². The van der Waals surface area contributed by atoms with Crippen LogP contribution in [0, 0.1) is 0 Å². The average molecular weight is 277 g/mol. The molecule has 0 bridgehead atoms. The molecule has 0 unspecified atom stereocenters. The molecule has 1 rings (SSSR count). The molecule has 0 radical (unpaired) electrons. The monoisotopic (exact) mass is 276 g/mol. The lowest BCUT2D eigenvalue weighted by molar-refractivity contribution is 0.512. The summed E-state index contributed by atoms with van der Waals surface area (Å²) in [7, 11) is 0. The maximum Gasteiger partial charge on any atom is 0.107 e. The largest absolute Gasteiger partial charge is 0.389 e. The Morgan fingerprint density at radius 1 is 1.57 bits per heavy atom. The van der Waals surface area contributed by atoms with Crippen LogP contribution < -0.4 is 11.1 Å². The minimum atomic E-state index is -0.399. The standard InChI is InChI=1S/C9H10BrFN2S/c10-7-5-6(9(12)14)1-2-8(7)13-4-3-11/h1-2,5,13H,3-4H2,(H2,12,14). The molecule has 0 aliphatic heterocycles. The number of rotatable bonds is 4. The van der Waals surface area contributed by atoms with Gasteiger partial charge in [0.15, 0.2) is 0 Å². The summed E-state index contributed by atoms with van der Waals surface area (Å²) >= 11 is 8.17. The van der Waals surface area contributed by atoms with E-state index in [0.29, 0.717) is 11.5 Å². The van der Waals surface area contributed by atoms with Gasteiger partial charge in [-0.1, -0.05) is 12.2 Å². The third-order valence-electron chi connectivity index (χ3n) is 1.66. The summed E-state index contributed by atoms with van der Waals surface area (Å²) in [4.78, 5) is 0.350. The molecule has 14 heavy (non-hydrogen) atoms. The van der Waals surface area contributed by atoms with Crippen LogP contribution in [0.25, 0.3) is 0 Å². The van der Waals surface area contributed by atoms with Crippen molar-refractivity contribution in [2.75, 3.05) is 18.5 Å². The molecule has 0 saturated carbocycles. The number of halogens is 2. The number of nitrogens with two attached hydrogens (primary N) is 1. The van der Waals surface area contributed by atoms with Crippen LogP contribution in [0.15, 0.2) is 22.7 Å². The summed E-state index contributed by atoms with van der Waals surface area (Å²) in [5.74, 6) is 0. The van der Waals surface area contributed by atoms with Crippen molar-refractivity contribution in [3.05, 3.63) is 28.2 Å². The van der Waals surface area contributed by atoms with Crippen LogP contribution in [0.2, 0.25) is 0 Å². The summed E-state index contributed by atoms with van der Waals surface area (Å²) in [5.41, 5.74) is 7.09. The Kier molecular flexibility index (Phi) is 4.28. The molecule has 0 aromatic heterocycles. The van der Waals surface area contributed by atoms with Crippen LogP contribution in [0.1, 0.15) is 5.56 Å². The zero-order chi connectivity index (χ0) is 10.6. The smallest absolute Gasteiger partial charge is 0.107 e. The van der Waals surface area contributed by atoms with Gasteiger partial charge in [-0.3, -0.25) is 0 Å². The van der Waals surface area contributed by atoms with Gasteiger partial charge < -0.3 is 11.1 Å². The summed E-state index contributed by atoms with van der Waals surface area (Å²) in [6, 6.07) is 5.42. The van der Waals surface area contributed by atoms with Crippen LogP contribution >= 0.6 is 28.1 Å². The SMILES string of the molecule is NC(=S)c1ccc(NCCF)c(Br)c1. The topological polar surface area (TPSA) is 38.0 Å². The first-order valence-corrected chi connectivity index (χ1v) is 5.24. The van der Waals surface area contributed by atoms with Gasteiger partial charge in [-0.2, -0.15) is 0 Å². The number of hydrogen-bond donors (Lipinski definition) is 2. The van der Waals surface area contributed by atoms with Crippen molar-refractivity contribution in [3.8, 4) is 0 Å². The molecular weight excluding hydrogens is 267 g/mol. The molecule has 0 atom stereocenters. The molecule has 5 heteroatoms. The highest BCUT2D eigenvalue weighted by atomic mass is 79.9. The highest BCUT2D eigenvalue weighted by Crippen LogP contribution is 2.23. The van der Waals surface area contributed by atoms with Crippen LogP contribution in [-0.2, 0) is 0 Å². The van der Waals surface area contributed by atoms with E-state index in [2.05, 4.69) is 21.2 Å². The van der Waals surface area contributed by atoms with Gasteiger partial charge in [0.25, 0.3) is 0 Å². The highest BCUT2D eigenvalue weighted by molar-refractivity contribution is 9.10. The number of alkyl halides is 1. The van der Waals surface area contributed by atoms with Crippen molar-refractivity contribution in [2.45, 2.75) is 0 Å². The second-order valence-corrected chi connectivity index (χ2v) is 3.97. The highest BCUT2D eigenvalue weighted by Gasteiger charge is 2.02. The summed E-state index contributed by atoms with van der Waals surface area (Å²) in [6.07, 6.45) is 0. The van der Waals surface area contributed by atoms with E-state index >= 15 is 0 Å². The maximum absolute atomic E-state index is 11.9. The fraction of sp³-hybridized carbons (Fsp3) is 0.222. The second kappa shape index (κ2) is 5.26. The van der Waals surface area contributed by atoms with Crippen molar-refractivity contribution in [3.63, 3.8) is 0 Å². The predicted octanol–water partition coefficient (Wildman–Crippen LogP) is 2.46. The fourth-order valence-corrected chi connectivity index (χ4v) is 1.64. The van der Waals surface area contributed by atoms with Gasteiger partial charge >= 0.3 is 0 Å². The van der Waals surface area contributed by atoms with E-state index in [1.807, 2.05) is 12.1 Å². The lowest BCUT2D eigenvalue weighted by Gasteiger charge is -2.07. The molecule has 0 aliphatic carbocycles. The number of nitrogens with one attached hydrogen (secondary N) is 1. The zero-order valence-electron chi connectivity index (χ0n) is 7.39. The van der Waals surface area contributed by atoms with Crippen molar-refractivity contribution in [1.29, 1.82) is 0 Å². The van der Waals surface area contributed by atoms with Crippen molar-refractivity contribution in [1.82, 2.24) is 0 Å². The minimum Gasteiger partial charge on any atom is -0.389 e. The van der Waals surface area contributed by atoms with Gasteiger partial charge in [0.05, 0.1) is 0 Å². The van der Waals surface area contributed by atoms with Gasteiger partial charge in [-0.15, -0.1) is 0 Å². The molecule has 0 spiro atoms. The van der Waals surface area contributed by atoms with E-state index in [4.69, 9.17) is 18.0 Å². The van der Waals surface area contributed by atoms with Crippen LogP contribution in [0.3, 0.4) is 0 Å². The summed E-state index contributed by atoms with van der Waals surface area (Å²) in [5, 5.41) is 2.92. The Labute approximate surface area is 95.8 Å². The van der Waals surface area contributed by atoms with E-state index in [1.165, 1.54) is 0 Å². The number of hydrogen-bond acceptors (Lipinski definition) is 2. The Morgan fingerprint density at radius 2 is 2.29 bits per heavy atom. The van der Waals surface area contributed by atoms with E-state index in [0.717, 1.165) is 15.7 Å². The van der Waals surface area contributed by atoms with E-state index in [1.54, 1.807) is 6.07 Å². The molecule has 2 nitrogen and oxygen atoms in total. The van der Waals surface area contributed by atoms with Crippen LogP contribution in [0.5, 0.6) is 0 Å². The molecule has 1 aromatic carbocycles. The number of thiocarbonyl (C=S) groups is 1. The molecule has 1 aromatic rings. The first-order valence-electron chi connectivity index (χ1n) is 4.04. The van der Waals surface area contributed by atoms with Gasteiger partial charge in [-0.25, -0.2) is 4.39 Å². The predicted molar refractivity (Wildman–Crippen MR) is 64.5 cm³/mol. The van der Waals surface area contributed by atoms with E-state index < -0.39 is 6.67 Å². The Bertz CT molecular complexity index is 344. The summed E-state index contributed by atoms with van der Waals surface area (Å²) < 4.78 is 12.7. The molecular formula is C9H10BrFN2S. The third kappa shape index (κ3) is 2.92. The van der Waals surface area contributed by atoms with Gasteiger partial charge in [0.1, 0.15) is 11.7 Å². The lowest BCUT2D eigenvalue weighted by Crippen LogP contribution is -2.10. The molecule has 0 fully saturated rings. The van der Waals surface area contributed by atoms with Gasteiger partial charge in [0.2, 0.25) is 0 Å². The number of anilines is 1. The van der Waals surface area contributed by atoms with Crippen molar-refractivity contribution in [2.24, 2.45) is 5.73 Å². The summed E-state index contributed by atoms with van der Waals surface area (Å²) in [6.45, 7) is -0.103. The quantitative estimate of drug-likeness (QED) is 0.830. The fourth-order valence-electron chi connectivity index (χ4n) is 0.994. The Hall–Kier alpha value is -0.680. The number of benzene rings is 1. The lowest BCUT2D eigenvalue weighted by atomic mass is 10.2. The zero-order valence-corrected chi connectivity index (χ0v) is 9.79. The second-order valence-electron chi connectivity index (χ2n) is 2.67. The third-order valence-corrected chi connectivity index (χ3v) is 2.56. The Morgan fingerprint density at radius 3 is 2.79 bits per heavy atom. The molecule has 76 valence electrons. The molecule has 3 N–H and O–H groups in total. The van der Waals surface area contributed by atoms with Crippen LogP contribution in [-0.4, -0.2) is 18.2 Å². The molecule has 0 aliphatic rings. The molecule has 0 saturated heterocycles. The van der Waals surface area contributed by atoms with Crippen LogP contribution in [0.4, 0.5) is 10.1 Å². The molecule has 0 amide bonds. The van der Waals surface area contributed by atoms with Crippen molar-refractivity contribution < 1.29 is 4.39 Å². The Balaban J connectivity index is 2.84. The van der Waals surface area contributed by atoms with Crippen molar-refractivity contribution >= 4 is 38.8 Å². The van der Waals surface area contributed by atoms with E-state index in [-0.39, 0.29) is 0 Å². The first-order chi connectivity index (χ1) is 6.65. The van der Waals surface area contributed by atoms with E-state index in [9.17, 15) is 4.39 Å².